The van der Waals surface area contributed by atoms with E-state index in [9.17, 15) is 18.8 Å². The standard InChI is InChI=1S/C29H33B5FN3O5/c1-18-6-5-7-25(23(18)14-38(17-40)28(32,26(41)36-4)29(33,34)27(30,31)16-39)42-15-22-10-21(8-9-24(22)35)13-37-11-19(2)43-20(3)12-37/h5-10,16-17,19-20H,11-15H2,1-4H3,(H,36,41). The molecule has 1 N–H and O–H groups in total. The van der Waals surface area contributed by atoms with Crippen LogP contribution in [-0.2, 0) is 38.8 Å². The van der Waals surface area contributed by atoms with Crippen molar-refractivity contribution in [3.63, 3.8) is 0 Å². The maximum absolute atomic E-state index is 14.9. The van der Waals surface area contributed by atoms with E-state index >= 15 is 0 Å². The van der Waals surface area contributed by atoms with Crippen molar-refractivity contribution in [2.75, 3.05) is 20.1 Å². The second-order valence-corrected chi connectivity index (χ2v) is 11.2. The van der Waals surface area contributed by atoms with E-state index in [1.54, 1.807) is 37.3 Å². The van der Waals surface area contributed by atoms with E-state index in [-0.39, 0.29) is 43.8 Å². The van der Waals surface area contributed by atoms with Crippen molar-refractivity contribution >= 4 is 57.8 Å². The number of nitrogens with zero attached hydrogens (tertiary/aromatic N) is 2. The number of carbonyl (C=O) groups is 3. The topological polar surface area (TPSA) is 88.2 Å². The first-order chi connectivity index (χ1) is 20.1. The second kappa shape index (κ2) is 13.8. The molecule has 2 aromatic carbocycles. The van der Waals surface area contributed by atoms with Crippen LogP contribution in [0.4, 0.5) is 4.39 Å². The number of benzene rings is 2. The maximum atomic E-state index is 14.9. The molecular weight excluding hydrogens is 543 g/mol. The van der Waals surface area contributed by atoms with Gasteiger partial charge in [0.05, 0.1) is 49.0 Å². The molecule has 216 valence electrons. The molecule has 1 heterocycles. The number of aldehydes is 1. The smallest absolute Gasteiger partial charge is 0.235 e. The van der Waals surface area contributed by atoms with Crippen LogP contribution in [0.1, 0.15) is 36.1 Å². The predicted molar refractivity (Wildman–Crippen MR) is 166 cm³/mol. The lowest BCUT2D eigenvalue weighted by atomic mass is 9.23. The third-order valence-electron chi connectivity index (χ3n) is 7.79. The van der Waals surface area contributed by atoms with Crippen molar-refractivity contribution in [3.8, 4) is 5.75 Å². The lowest BCUT2D eigenvalue weighted by Gasteiger charge is -2.56. The zero-order chi connectivity index (χ0) is 32.2. The van der Waals surface area contributed by atoms with Crippen molar-refractivity contribution in [1.82, 2.24) is 15.1 Å². The summed E-state index contributed by atoms with van der Waals surface area (Å²) < 4.78 is 26.7. The second-order valence-electron chi connectivity index (χ2n) is 11.2. The van der Waals surface area contributed by atoms with Crippen molar-refractivity contribution in [3.05, 3.63) is 64.5 Å². The Morgan fingerprint density at radius 2 is 1.79 bits per heavy atom. The number of amides is 2. The summed E-state index contributed by atoms with van der Waals surface area (Å²) in [6.45, 7) is 7.46. The Morgan fingerprint density at radius 3 is 2.37 bits per heavy atom. The molecule has 1 aliphatic rings. The minimum atomic E-state index is -2.63. The first-order valence-electron chi connectivity index (χ1n) is 13.8. The molecule has 1 saturated heterocycles. The van der Waals surface area contributed by atoms with Crippen LogP contribution in [0.2, 0.25) is 10.4 Å². The fourth-order valence-electron chi connectivity index (χ4n) is 5.27. The van der Waals surface area contributed by atoms with Crippen molar-refractivity contribution in [2.24, 2.45) is 0 Å². The van der Waals surface area contributed by atoms with Crippen LogP contribution >= 0.6 is 0 Å². The molecule has 0 aromatic heterocycles. The van der Waals surface area contributed by atoms with Crippen molar-refractivity contribution in [1.29, 1.82) is 0 Å². The van der Waals surface area contributed by atoms with Gasteiger partial charge in [0.25, 0.3) is 0 Å². The van der Waals surface area contributed by atoms with Gasteiger partial charge in [-0.2, -0.15) is 0 Å². The summed E-state index contributed by atoms with van der Waals surface area (Å²) in [7, 11) is 31.6. The van der Waals surface area contributed by atoms with Gasteiger partial charge in [-0.05, 0) is 50.1 Å². The van der Waals surface area contributed by atoms with Crippen LogP contribution in [0.5, 0.6) is 5.75 Å². The molecule has 0 bridgehead atoms. The monoisotopic (exact) mass is 577 g/mol. The first kappa shape index (κ1) is 34.5. The van der Waals surface area contributed by atoms with Crippen LogP contribution in [0.3, 0.4) is 0 Å². The van der Waals surface area contributed by atoms with Gasteiger partial charge in [0.15, 0.2) is 0 Å². The number of likely N-dealkylation sites (N-methyl/N-ethyl adjacent to an activating group) is 1. The largest absolute Gasteiger partial charge is 0.488 e. The van der Waals surface area contributed by atoms with Gasteiger partial charge < -0.3 is 24.5 Å². The van der Waals surface area contributed by atoms with E-state index in [1.165, 1.54) is 13.1 Å². The summed E-state index contributed by atoms with van der Waals surface area (Å²) in [6.07, 6.45) is 0.492. The fourth-order valence-corrected chi connectivity index (χ4v) is 5.27. The summed E-state index contributed by atoms with van der Waals surface area (Å²) in [5.74, 6) is -1.18. The highest BCUT2D eigenvalue weighted by Crippen LogP contribution is 2.50. The van der Waals surface area contributed by atoms with Crippen LogP contribution in [0.25, 0.3) is 0 Å². The summed E-state index contributed by atoms with van der Waals surface area (Å²) in [5.41, 5.74) is -0.281. The van der Waals surface area contributed by atoms with E-state index in [0.29, 0.717) is 23.2 Å². The Morgan fingerprint density at radius 1 is 1.14 bits per heavy atom. The Kier molecular flexibility index (Phi) is 11.0. The highest BCUT2D eigenvalue weighted by Gasteiger charge is 2.55. The average Bonchev–Trinajstić information content (AvgIpc) is 2.95. The number of hydrogen-bond acceptors (Lipinski definition) is 6. The SMILES string of the molecule is [B]C([B])(C=O)C([B])([B])C([B])(C(=O)NC)N(C=O)Cc1c(C)cccc1OCc1cc(CN2CC(C)OC(C)C2)ccc1F. The number of aryl methyl sites for hydroxylation is 1. The van der Waals surface area contributed by atoms with Gasteiger partial charge in [0.1, 0.15) is 32.3 Å². The number of halogens is 1. The molecule has 3 unspecified atom stereocenters. The number of hydrogen-bond donors (Lipinski definition) is 1. The molecule has 8 nitrogen and oxygen atoms in total. The Bertz CT molecular complexity index is 1320. The molecule has 0 spiro atoms. The molecule has 43 heavy (non-hydrogen) atoms. The average molecular weight is 577 g/mol. The molecule has 3 rings (SSSR count). The van der Waals surface area contributed by atoms with Gasteiger partial charge in [-0.3, -0.25) is 14.5 Å². The fraction of sp³-hybridized carbons (Fsp3) is 0.483. The molecule has 0 aliphatic carbocycles. The van der Waals surface area contributed by atoms with E-state index in [1.807, 2.05) is 13.8 Å². The summed E-state index contributed by atoms with van der Waals surface area (Å²) >= 11 is 0. The molecule has 1 aliphatic heterocycles. The lowest BCUT2D eigenvalue weighted by Crippen LogP contribution is -2.68. The molecule has 10 radical (unpaired) electrons. The number of ether oxygens (including phenoxy) is 2. The number of carbonyl (C=O) groups excluding carboxylic acids is 3. The van der Waals surface area contributed by atoms with Crippen LogP contribution in [-0.4, -0.2) is 105 Å². The molecule has 2 amide bonds. The number of morpholine rings is 1. The van der Waals surface area contributed by atoms with E-state index in [2.05, 4.69) is 10.2 Å². The van der Waals surface area contributed by atoms with Crippen LogP contribution in [0.15, 0.2) is 36.4 Å². The van der Waals surface area contributed by atoms with Gasteiger partial charge in [0.2, 0.25) is 12.3 Å². The normalized spacial score (nSPS) is 19.2. The van der Waals surface area contributed by atoms with Gasteiger partial charge in [-0.1, -0.05) is 28.6 Å². The molecule has 1 fully saturated rings. The van der Waals surface area contributed by atoms with E-state index in [4.69, 9.17) is 48.7 Å². The Hall–Kier alpha value is -2.98. The zero-order valence-electron chi connectivity index (χ0n) is 25.0. The number of rotatable bonds is 13. The van der Waals surface area contributed by atoms with Crippen molar-refractivity contribution < 1.29 is 28.2 Å². The predicted octanol–water partition coefficient (Wildman–Crippen LogP) is 0.997. The third kappa shape index (κ3) is 7.23. The molecule has 0 saturated carbocycles. The highest BCUT2D eigenvalue weighted by molar-refractivity contribution is 6.63. The minimum Gasteiger partial charge on any atom is -0.488 e. The summed E-state index contributed by atoms with van der Waals surface area (Å²) in [6, 6.07) is 9.98. The Labute approximate surface area is 259 Å². The first-order valence-corrected chi connectivity index (χ1v) is 13.8. The van der Waals surface area contributed by atoms with Crippen molar-refractivity contribution in [2.45, 2.75) is 68.5 Å². The quantitative estimate of drug-likeness (QED) is 0.283. The van der Waals surface area contributed by atoms with Gasteiger partial charge in [-0.25, -0.2) is 4.39 Å². The Balaban J connectivity index is 1.90. The van der Waals surface area contributed by atoms with E-state index < -0.39 is 27.6 Å². The summed E-state index contributed by atoms with van der Waals surface area (Å²) in [5, 5.41) is -2.85. The number of nitrogens with one attached hydrogen (secondary N) is 1. The van der Waals surface area contributed by atoms with Crippen LogP contribution < -0.4 is 10.1 Å². The molecule has 3 atom stereocenters. The summed E-state index contributed by atoms with van der Waals surface area (Å²) in [4.78, 5) is 40.2. The minimum absolute atomic E-state index is 0.0473. The lowest BCUT2D eigenvalue weighted by molar-refractivity contribution is -0.137. The molecule has 14 heteroatoms. The van der Waals surface area contributed by atoms with Gasteiger partial charge in [0, 0.05) is 44.4 Å². The third-order valence-corrected chi connectivity index (χ3v) is 7.79. The highest BCUT2D eigenvalue weighted by atomic mass is 19.1. The maximum Gasteiger partial charge on any atom is 0.235 e. The van der Waals surface area contributed by atoms with Gasteiger partial charge in [-0.15, -0.1) is 0 Å². The van der Waals surface area contributed by atoms with Gasteiger partial charge >= 0.3 is 0 Å². The van der Waals surface area contributed by atoms with E-state index in [0.717, 1.165) is 23.6 Å². The molecule has 2 aromatic rings. The molecular formula is C29H33B5FN3O5. The van der Waals surface area contributed by atoms with Crippen LogP contribution in [0, 0.1) is 12.7 Å². The zero-order valence-corrected chi connectivity index (χ0v) is 25.0.